The molecule has 2 amide bonds. The van der Waals surface area contributed by atoms with E-state index in [-0.39, 0.29) is 54.7 Å². The lowest BCUT2D eigenvalue weighted by Crippen LogP contribution is -2.56. The van der Waals surface area contributed by atoms with Crippen LogP contribution in [0.5, 0.6) is 11.5 Å². The van der Waals surface area contributed by atoms with Crippen LogP contribution in [0, 0.1) is 0 Å². The number of fused-ring (bicyclic) bond motifs is 3. The SMILES string of the molecule is C=CCOC(=O)N1c2cc(OCCCC(=O)O)c(OC)cc2C(=O)N2Cc3ccccc3C[C@H]2C1OC. The van der Waals surface area contributed by atoms with Crippen molar-refractivity contribution in [3.8, 4) is 11.5 Å². The van der Waals surface area contributed by atoms with Gasteiger partial charge in [-0.25, -0.2) is 9.69 Å². The van der Waals surface area contributed by atoms with Crippen molar-refractivity contribution in [2.24, 2.45) is 0 Å². The van der Waals surface area contributed by atoms with E-state index < -0.39 is 24.3 Å². The second kappa shape index (κ2) is 11.3. The summed E-state index contributed by atoms with van der Waals surface area (Å²) < 4.78 is 22.6. The topological polar surface area (TPSA) is 115 Å². The van der Waals surface area contributed by atoms with Crippen LogP contribution in [0.25, 0.3) is 0 Å². The Bertz CT molecular complexity index is 1200. The highest BCUT2D eigenvalue weighted by atomic mass is 16.6. The summed E-state index contributed by atoms with van der Waals surface area (Å²) in [6, 6.07) is 10.5. The highest BCUT2D eigenvalue weighted by Crippen LogP contribution is 2.42. The molecule has 0 aliphatic carbocycles. The van der Waals surface area contributed by atoms with E-state index in [0.717, 1.165) is 11.1 Å². The summed E-state index contributed by atoms with van der Waals surface area (Å²) in [6.45, 7) is 4.04. The number of anilines is 1. The van der Waals surface area contributed by atoms with Crippen molar-refractivity contribution >= 4 is 23.7 Å². The van der Waals surface area contributed by atoms with Crippen molar-refractivity contribution < 1.29 is 38.4 Å². The maximum atomic E-state index is 14.0. The molecule has 196 valence electrons. The Labute approximate surface area is 215 Å². The van der Waals surface area contributed by atoms with Crippen LogP contribution in [-0.4, -0.2) is 67.7 Å². The van der Waals surface area contributed by atoms with E-state index in [1.807, 2.05) is 24.3 Å². The van der Waals surface area contributed by atoms with Crippen molar-refractivity contribution in [2.45, 2.75) is 38.1 Å². The normalized spacial score (nSPS) is 18.2. The predicted octanol–water partition coefficient (Wildman–Crippen LogP) is 3.62. The van der Waals surface area contributed by atoms with Gasteiger partial charge in [-0.3, -0.25) is 9.59 Å². The third kappa shape index (κ3) is 5.24. The second-order valence-electron chi connectivity index (χ2n) is 8.70. The number of benzene rings is 2. The highest BCUT2D eigenvalue weighted by molar-refractivity contribution is 6.06. The molecule has 0 saturated carbocycles. The van der Waals surface area contributed by atoms with E-state index in [1.54, 1.807) is 11.0 Å². The van der Waals surface area contributed by atoms with Gasteiger partial charge in [-0.15, -0.1) is 0 Å². The van der Waals surface area contributed by atoms with Crippen LogP contribution < -0.4 is 14.4 Å². The van der Waals surface area contributed by atoms with Gasteiger partial charge in [0.1, 0.15) is 6.61 Å². The third-order valence-corrected chi connectivity index (χ3v) is 6.46. The number of hydrogen-bond donors (Lipinski definition) is 1. The van der Waals surface area contributed by atoms with Gasteiger partial charge < -0.3 is 29.0 Å². The molecule has 1 N–H and O–H groups in total. The van der Waals surface area contributed by atoms with Gasteiger partial charge in [-0.2, -0.15) is 0 Å². The molecule has 0 spiro atoms. The molecule has 2 atom stereocenters. The Kier molecular flexibility index (Phi) is 7.98. The molecule has 4 rings (SSSR count). The van der Waals surface area contributed by atoms with Crippen molar-refractivity contribution in [1.29, 1.82) is 0 Å². The summed E-state index contributed by atoms with van der Waals surface area (Å²) in [6.07, 6.45) is 0.587. The number of amides is 2. The number of nitrogens with zero attached hydrogens (tertiary/aromatic N) is 2. The minimum absolute atomic E-state index is 0.0268. The number of carbonyl (C=O) groups is 3. The summed E-state index contributed by atoms with van der Waals surface area (Å²) >= 11 is 0. The van der Waals surface area contributed by atoms with E-state index in [0.29, 0.717) is 13.0 Å². The first kappa shape index (κ1) is 26.0. The monoisotopic (exact) mass is 510 g/mol. The van der Waals surface area contributed by atoms with Gasteiger partial charge in [0.25, 0.3) is 5.91 Å². The first-order chi connectivity index (χ1) is 17.9. The largest absolute Gasteiger partial charge is 0.493 e. The van der Waals surface area contributed by atoms with Crippen LogP contribution in [0.4, 0.5) is 10.5 Å². The summed E-state index contributed by atoms with van der Waals surface area (Å²) in [4.78, 5) is 41.3. The predicted molar refractivity (Wildman–Crippen MR) is 134 cm³/mol. The fourth-order valence-corrected chi connectivity index (χ4v) is 4.75. The number of carboxylic acid groups (broad SMARTS) is 1. The number of carboxylic acids is 1. The van der Waals surface area contributed by atoms with Crippen molar-refractivity contribution in [2.75, 3.05) is 32.3 Å². The van der Waals surface area contributed by atoms with E-state index in [1.165, 1.54) is 31.3 Å². The average molecular weight is 511 g/mol. The first-order valence-corrected chi connectivity index (χ1v) is 11.9. The van der Waals surface area contributed by atoms with E-state index in [9.17, 15) is 14.4 Å². The Balaban J connectivity index is 1.82. The third-order valence-electron chi connectivity index (χ3n) is 6.46. The Hall–Kier alpha value is -4.05. The summed E-state index contributed by atoms with van der Waals surface area (Å²) in [7, 11) is 2.93. The molecule has 2 aromatic carbocycles. The summed E-state index contributed by atoms with van der Waals surface area (Å²) in [5.74, 6) is -0.670. The van der Waals surface area contributed by atoms with Crippen LogP contribution in [0.3, 0.4) is 0 Å². The summed E-state index contributed by atoms with van der Waals surface area (Å²) in [5, 5.41) is 8.92. The number of methoxy groups -OCH3 is 2. The van der Waals surface area contributed by atoms with Gasteiger partial charge >= 0.3 is 12.1 Å². The molecule has 10 heteroatoms. The highest BCUT2D eigenvalue weighted by Gasteiger charge is 2.46. The lowest BCUT2D eigenvalue weighted by molar-refractivity contribution is -0.137. The quantitative estimate of drug-likeness (QED) is 0.402. The van der Waals surface area contributed by atoms with Crippen LogP contribution >= 0.6 is 0 Å². The summed E-state index contributed by atoms with van der Waals surface area (Å²) in [5.41, 5.74) is 2.58. The van der Waals surface area contributed by atoms with Gasteiger partial charge in [0.2, 0.25) is 0 Å². The number of carbonyl (C=O) groups excluding carboxylic acids is 2. The van der Waals surface area contributed by atoms with Gasteiger partial charge in [0.05, 0.1) is 31.0 Å². The molecule has 1 unspecified atom stereocenters. The number of rotatable bonds is 9. The molecule has 2 aromatic rings. The zero-order valence-corrected chi connectivity index (χ0v) is 20.8. The molecule has 0 aromatic heterocycles. The van der Waals surface area contributed by atoms with E-state index in [4.69, 9.17) is 24.1 Å². The zero-order chi connectivity index (χ0) is 26.5. The maximum absolute atomic E-state index is 14.0. The van der Waals surface area contributed by atoms with Crippen molar-refractivity contribution in [3.63, 3.8) is 0 Å². The molecule has 2 aliphatic heterocycles. The van der Waals surface area contributed by atoms with Gasteiger partial charge in [0.15, 0.2) is 17.7 Å². The molecule has 37 heavy (non-hydrogen) atoms. The van der Waals surface area contributed by atoms with E-state index >= 15 is 0 Å². The number of hydrogen-bond acceptors (Lipinski definition) is 7. The Morgan fingerprint density at radius 1 is 1.16 bits per heavy atom. The van der Waals surface area contributed by atoms with Gasteiger partial charge in [-0.1, -0.05) is 36.9 Å². The molecule has 0 saturated heterocycles. The molecule has 0 fully saturated rings. The molecular weight excluding hydrogens is 480 g/mol. The second-order valence-corrected chi connectivity index (χ2v) is 8.70. The van der Waals surface area contributed by atoms with Crippen LogP contribution in [0.15, 0.2) is 49.1 Å². The van der Waals surface area contributed by atoms with Gasteiger partial charge in [0, 0.05) is 26.1 Å². The smallest absolute Gasteiger partial charge is 0.416 e. The Morgan fingerprint density at radius 2 is 1.92 bits per heavy atom. The maximum Gasteiger partial charge on any atom is 0.416 e. The van der Waals surface area contributed by atoms with Crippen molar-refractivity contribution in [3.05, 3.63) is 65.7 Å². The molecule has 0 radical (unpaired) electrons. The lowest BCUT2D eigenvalue weighted by Gasteiger charge is -2.41. The Morgan fingerprint density at radius 3 is 2.59 bits per heavy atom. The zero-order valence-electron chi connectivity index (χ0n) is 20.8. The minimum Gasteiger partial charge on any atom is -0.493 e. The first-order valence-electron chi connectivity index (χ1n) is 11.9. The van der Waals surface area contributed by atoms with Crippen LogP contribution in [-0.2, 0) is 27.2 Å². The number of aliphatic carboxylic acids is 1. The number of ether oxygens (including phenoxy) is 4. The van der Waals surface area contributed by atoms with E-state index in [2.05, 4.69) is 6.58 Å². The fourth-order valence-electron chi connectivity index (χ4n) is 4.75. The molecule has 0 bridgehead atoms. The molecular formula is C27H30N2O8. The van der Waals surface area contributed by atoms with Gasteiger partial charge in [-0.05, 0) is 30.0 Å². The average Bonchev–Trinajstić information content (AvgIpc) is 3.00. The minimum atomic E-state index is -0.931. The molecule has 2 heterocycles. The van der Waals surface area contributed by atoms with Crippen molar-refractivity contribution in [1.82, 2.24) is 4.90 Å². The molecule has 2 aliphatic rings. The van der Waals surface area contributed by atoms with Crippen LogP contribution in [0.2, 0.25) is 0 Å². The standard InChI is InChI=1S/C27H30N2O8/c1-4-11-37-27(33)29-20-15-23(36-12-7-10-24(30)31)22(34-2)14-19(20)25(32)28-16-18-9-6-5-8-17(18)13-21(28)26(29)35-3/h4-6,8-9,14-15,21,26H,1,7,10-13,16H2,2-3H3,(H,30,31)/t21-,26?/m0/s1. The fraction of sp³-hybridized carbons (Fsp3) is 0.370. The van der Waals surface area contributed by atoms with Crippen LogP contribution in [0.1, 0.15) is 34.3 Å². The molecule has 10 nitrogen and oxygen atoms in total. The lowest BCUT2D eigenvalue weighted by atomic mass is 9.92.